The Bertz CT molecular complexity index is 487. The number of benzene rings is 1. The lowest BCUT2D eigenvalue weighted by molar-refractivity contribution is 1.16. The van der Waals surface area contributed by atoms with E-state index in [1.165, 1.54) is 6.33 Å². The molecule has 0 fully saturated rings. The molecule has 1 aromatic heterocycles. The molecule has 1 aromatic carbocycles. The van der Waals surface area contributed by atoms with Gasteiger partial charge < -0.3 is 4.98 Å². The zero-order chi connectivity index (χ0) is 9.26. The quantitative estimate of drug-likeness (QED) is 0.699. The number of thioether (sulfide) groups is 1. The number of hydrogen-bond acceptors (Lipinski definition) is 3. The van der Waals surface area contributed by atoms with Crippen LogP contribution in [0.3, 0.4) is 0 Å². The second-order valence-electron chi connectivity index (χ2n) is 2.59. The van der Waals surface area contributed by atoms with E-state index in [2.05, 4.69) is 9.97 Å². The Morgan fingerprint density at radius 2 is 2.31 bits per heavy atom. The maximum absolute atomic E-state index is 11.4. The predicted molar refractivity (Wildman–Crippen MR) is 54.1 cm³/mol. The van der Waals surface area contributed by atoms with Gasteiger partial charge in [-0.25, -0.2) is 4.98 Å². The lowest BCUT2D eigenvalue weighted by atomic mass is 10.2. The average molecular weight is 192 g/mol. The Hall–Kier alpha value is -1.29. The molecule has 0 aliphatic rings. The van der Waals surface area contributed by atoms with E-state index in [0.29, 0.717) is 5.39 Å². The zero-order valence-corrected chi connectivity index (χ0v) is 7.89. The molecule has 4 heteroatoms. The summed E-state index contributed by atoms with van der Waals surface area (Å²) in [5.74, 6) is 0. The summed E-state index contributed by atoms with van der Waals surface area (Å²) in [5, 5.41) is 0.678. The van der Waals surface area contributed by atoms with Crippen LogP contribution in [0.15, 0.2) is 34.2 Å². The van der Waals surface area contributed by atoms with E-state index in [9.17, 15) is 4.79 Å². The molecular weight excluding hydrogens is 184 g/mol. The molecular formula is C9H8N2OS. The van der Waals surface area contributed by atoms with Crippen LogP contribution in [-0.2, 0) is 0 Å². The van der Waals surface area contributed by atoms with Crippen LogP contribution in [-0.4, -0.2) is 16.2 Å². The average Bonchev–Trinajstić information content (AvgIpc) is 2.17. The minimum absolute atomic E-state index is 0.0741. The molecule has 1 N–H and O–H groups in total. The molecule has 0 amide bonds. The maximum atomic E-state index is 11.4. The van der Waals surface area contributed by atoms with E-state index in [1.54, 1.807) is 11.8 Å². The molecule has 0 aliphatic carbocycles. The van der Waals surface area contributed by atoms with Crippen molar-refractivity contribution in [2.24, 2.45) is 0 Å². The van der Waals surface area contributed by atoms with Crippen LogP contribution in [0, 0.1) is 0 Å². The van der Waals surface area contributed by atoms with E-state index in [0.717, 1.165) is 10.4 Å². The molecule has 1 heterocycles. The number of H-pyrrole nitrogens is 1. The Morgan fingerprint density at radius 3 is 3.08 bits per heavy atom. The summed E-state index contributed by atoms with van der Waals surface area (Å²) in [6.45, 7) is 0. The van der Waals surface area contributed by atoms with Gasteiger partial charge in [0.15, 0.2) is 0 Å². The zero-order valence-electron chi connectivity index (χ0n) is 7.07. The predicted octanol–water partition coefficient (Wildman–Crippen LogP) is 1.64. The topological polar surface area (TPSA) is 45.8 Å². The van der Waals surface area contributed by atoms with Crippen molar-refractivity contribution in [3.05, 3.63) is 34.9 Å². The monoisotopic (exact) mass is 192 g/mol. The van der Waals surface area contributed by atoms with Crippen LogP contribution in [0.1, 0.15) is 0 Å². The summed E-state index contributed by atoms with van der Waals surface area (Å²) in [6, 6.07) is 5.66. The molecule has 0 radical (unpaired) electrons. The third-order valence-electron chi connectivity index (χ3n) is 1.85. The summed E-state index contributed by atoms with van der Waals surface area (Å²) in [7, 11) is 0. The van der Waals surface area contributed by atoms with E-state index in [1.807, 2.05) is 24.5 Å². The first kappa shape index (κ1) is 8.31. The molecule has 0 saturated heterocycles. The normalized spacial score (nSPS) is 10.5. The number of aromatic nitrogens is 2. The Labute approximate surface area is 79.2 Å². The molecule has 0 atom stereocenters. The first-order valence-corrected chi connectivity index (χ1v) is 5.06. The molecule has 0 saturated carbocycles. The minimum Gasteiger partial charge on any atom is -0.313 e. The molecule has 66 valence electrons. The fraction of sp³-hybridized carbons (Fsp3) is 0.111. The second-order valence-corrected chi connectivity index (χ2v) is 3.43. The van der Waals surface area contributed by atoms with Gasteiger partial charge in [-0.3, -0.25) is 4.79 Å². The first-order chi connectivity index (χ1) is 6.33. The van der Waals surface area contributed by atoms with Crippen LogP contribution >= 0.6 is 11.8 Å². The van der Waals surface area contributed by atoms with Crippen molar-refractivity contribution in [1.29, 1.82) is 0 Å². The van der Waals surface area contributed by atoms with Crippen molar-refractivity contribution in [2.75, 3.05) is 6.26 Å². The van der Waals surface area contributed by atoms with E-state index < -0.39 is 0 Å². The lowest BCUT2D eigenvalue weighted by Gasteiger charge is -1.99. The first-order valence-electron chi connectivity index (χ1n) is 3.83. The van der Waals surface area contributed by atoms with E-state index in [-0.39, 0.29) is 5.56 Å². The Kier molecular flexibility index (Phi) is 2.06. The number of fused-ring (bicyclic) bond motifs is 1. The lowest BCUT2D eigenvalue weighted by Crippen LogP contribution is -2.06. The van der Waals surface area contributed by atoms with Gasteiger partial charge in [0.1, 0.15) is 0 Å². The van der Waals surface area contributed by atoms with Crippen LogP contribution in [0.5, 0.6) is 0 Å². The third-order valence-corrected chi connectivity index (χ3v) is 2.63. The summed E-state index contributed by atoms with van der Waals surface area (Å²) in [5.41, 5.74) is 0.672. The molecule has 0 spiro atoms. The molecule has 0 aliphatic heterocycles. The van der Waals surface area contributed by atoms with Gasteiger partial charge in [0.05, 0.1) is 17.2 Å². The summed E-state index contributed by atoms with van der Waals surface area (Å²) in [6.07, 6.45) is 3.37. The van der Waals surface area contributed by atoms with Crippen molar-refractivity contribution in [2.45, 2.75) is 4.90 Å². The van der Waals surface area contributed by atoms with Crippen LogP contribution in [0.25, 0.3) is 10.9 Å². The SMILES string of the molecule is CSc1cccc2nc[nH]c(=O)c12. The van der Waals surface area contributed by atoms with Gasteiger partial charge in [0.2, 0.25) is 0 Å². The standard InChI is InChI=1S/C9H8N2OS/c1-13-7-4-2-3-6-8(7)9(12)11-5-10-6/h2-5H,1H3,(H,10,11,12). The van der Waals surface area contributed by atoms with Crippen LogP contribution in [0.4, 0.5) is 0 Å². The highest BCUT2D eigenvalue weighted by molar-refractivity contribution is 7.98. The molecule has 2 aromatic rings. The second kappa shape index (κ2) is 3.22. The maximum Gasteiger partial charge on any atom is 0.259 e. The number of aromatic amines is 1. The fourth-order valence-electron chi connectivity index (χ4n) is 1.26. The van der Waals surface area contributed by atoms with Gasteiger partial charge in [0.25, 0.3) is 5.56 Å². The Morgan fingerprint density at radius 1 is 1.46 bits per heavy atom. The van der Waals surface area contributed by atoms with Crippen molar-refractivity contribution < 1.29 is 0 Å². The van der Waals surface area contributed by atoms with E-state index >= 15 is 0 Å². The highest BCUT2D eigenvalue weighted by Gasteiger charge is 2.03. The molecule has 2 rings (SSSR count). The largest absolute Gasteiger partial charge is 0.313 e. The molecule has 13 heavy (non-hydrogen) atoms. The molecule has 3 nitrogen and oxygen atoms in total. The van der Waals surface area contributed by atoms with Gasteiger partial charge in [-0.1, -0.05) is 6.07 Å². The summed E-state index contributed by atoms with van der Waals surface area (Å²) >= 11 is 1.55. The number of hydrogen-bond donors (Lipinski definition) is 1. The van der Waals surface area contributed by atoms with Crippen molar-refractivity contribution in [3.63, 3.8) is 0 Å². The van der Waals surface area contributed by atoms with E-state index in [4.69, 9.17) is 0 Å². The minimum atomic E-state index is -0.0741. The van der Waals surface area contributed by atoms with Crippen molar-refractivity contribution in [3.8, 4) is 0 Å². The number of rotatable bonds is 1. The van der Waals surface area contributed by atoms with Gasteiger partial charge in [-0.05, 0) is 18.4 Å². The highest BCUT2D eigenvalue weighted by Crippen LogP contribution is 2.21. The van der Waals surface area contributed by atoms with Gasteiger partial charge in [-0.15, -0.1) is 11.8 Å². The third kappa shape index (κ3) is 1.33. The highest BCUT2D eigenvalue weighted by atomic mass is 32.2. The summed E-state index contributed by atoms with van der Waals surface area (Å²) < 4.78 is 0. The smallest absolute Gasteiger partial charge is 0.259 e. The Balaban J connectivity index is 2.95. The summed E-state index contributed by atoms with van der Waals surface area (Å²) in [4.78, 5) is 19.1. The fourth-order valence-corrected chi connectivity index (χ4v) is 1.87. The van der Waals surface area contributed by atoms with Gasteiger partial charge in [-0.2, -0.15) is 0 Å². The molecule has 0 bridgehead atoms. The van der Waals surface area contributed by atoms with Gasteiger partial charge >= 0.3 is 0 Å². The van der Waals surface area contributed by atoms with Crippen molar-refractivity contribution in [1.82, 2.24) is 9.97 Å². The number of nitrogens with one attached hydrogen (secondary N) is 1. The molecule has 0 unspecified atom stereocenters. The van der Waals surface area contributed by atoms with Crippen molar-refractivity contribution >= 4 is 22.7 Å². The number of nitrogens with zero attached hydrogens (tertiary/aromatic N) is 1. The van der Waals surface area contributed by atoms with Crippen LogP contribution in [0.2, 0.25) is 0 Å². The van der Waals surface area contributed by atoms with Crippen LogP contribution < -0.4 is 5.56 Å². The van der Waals surface area contributed by atoms with Gasteiger partial charge in [0, 0.05) is 4.90 Å².